The fourth-order valence-electron chi connectivity index (χ4n) is 4.12. The van der Waals surface area contributed by atoms with Crippen molar-refractivity contribution >= 4 is 21.6 Å². The van der Waals surface area contributed by atoms with Gasteiger partial charge in [0.1, 0.15) is 22.3 Å². The number of ether oxygens (including phenoxy) is 1. The Balaban J connectivity index is 1.46. The minimum absolute atomic E-state index is 0.160. The van der Waals surface area contributed by atoms with Crippen LogP contribution in [0.4, 0.5) is 13.2 Å². The third kappa shape index (κ3) is 6.10. The van der Waals surface area contributed by atoms with Crippen molar-refractivity contribution in [3.8, 4) is 0 Å². The molecule has 1 aliphatic rings. The third-order valence-electron chi connectivity index (χ3n) is 6.19. The second kappa shape index (κ2) is 11.3. The Hall–Kier alpha value is -2.43. The van der Waals surface area contributed by atoms with Crippen LogP contribution in [-0.2, 0) is 21.4 Å². The zero-order valence-electron chi connectivity index (χ0n) is 19.6. The van der Waals surface area contributed by atoms with Crippen molar-refractivity contribution < 1.29 is 26.3 Å². The van der Waals surface area contributed by atoms with E-state index in [0.717, 1.165) is 11.6 Å². The molecule has 192 valence electrons. The van der Waals surface area contributed by atoms with Crippen LogP contribution in [0.5, 0.6) is 0 Å². The summed E-state index contributed by atoms with van der Waals surface area (Å²) in [5.74, 6) is -2.15. The zero-order chi connectivity index (χ0) is 25.9. The van der Waals surface area contributed by atoms with Gasteiger partial charge in [0.15, 0.2) is 0 Å². The molecule has 1 saturated heterocycles. The van der Waals surface area contributed by atoms with E-state index in [1.807, 2.05) is 4.90 Å². The van der Waals surface area contributed by atoms with Crippen LogP contribution in [0.15, 0.2) is 65.6 Å². The molecule has 5 nitrogen and oxygen atoms in total. The lowest BCUT2D eigenvalue weighted by molar-refractivity contribution is 0.00546. The molecule has 1 atom stereocenters. The Morgan fingerprint density at radius 1 is 0.917 bits per heavy atom. The van der Waals surface area contributed by atoms with Gasteiger partial charge in [0.05, 0.1) is 12.7 Å². The lowest BCUT2D eigenvalue weighted by Gasteiger charge is -2.36. The minimum atomic E-state index is -3.98. The molecule has 0 bridgehead atoms. The van der Waals surface area contributed by atoms with Crippen LogP contribution in [0.3, 0.4) is 0 Å². The SMILES string of the molecule is Cc1ccc(F)c(S(=O)(=O)N2CCN(C[C@@H](OCc3c(F)cccc3F)c3ccc(Cl)cc3)CC2)c1. The highest BCUT2D eigenvalue weighted by Crippen LogP contribution is 2.26. The van der Waals surface area contributed by atoms with Crippen molar-refractivity contribution in [1.29, 1.82) is 0 Å². The molecular weight excluding hydrogens is 513 g/mol. The van der Waals surface area contributed by atoms with Crippen molar-refractivity contribution in [2.45, 2.75) is 24.5 Å². The summed E-state index contributed by atoms with van der Waals surface area (Å²) in [7, 11) is -3.98. The predicted molar refractivity (Wildman–Crippen MR) is 132 cm³/mol. The maximum atomic E-state index is 14.3. The van der Waals surface area contributed by atoms with Crippen LogP contribution in [0.1, 0.15) is 22.8 Å². The maximum absolute atomic E-state index is 14.3. The second-order valence-electron chi connectivity index (χ2n) is 8.69. The predicted octanol–water partition coefficient (Wildman–Crippen LogP) is 5.33. The van der Waals surface area contributed by atoms with E-state index in [-0.39, 0.29) is 30.2 Å². The quantitative estimate of drug-likeness (QED) is 0.389. The van der Waals surface area contributed by atoms with Crippen LogP contribution >= 0.6 is 11.6 Å². The van der Waals surface area contributed by atoms with Gasteiger partial charge in [-0.3, -0.25) is 4.90 Å². The number of hydrogen-bond acceptors (Lipinski definition) is 4. The molecule has 0 aromatic heterocycles. The van der Waals surface area contributed by atoms with E-state index >= 15 is 0 Å². The molecule has 3 aromatic carbocycles. The molecule has 36 heavy (non-hydrogen) atoms. The topological polar surface area (TPSA) is 49.9 Å². The van der Waals surface area contributed by atoms with Crippen LogP contribution in [-0.4, -0.2) is 50.3 Å². The van der Waals surface area contributed by atoms with Gasteiger partial charge >= 0.3 is 0 Å². The van der Waals surface area contributed by atoms with E-state index in [4.69, 9.17) is 16.3 Å². The molecule has 3 aromatic rings. The number of nitrogens with zero attached hydrogens (tertiary/aromatic N) is 2. The summed E-state index contributed by atoms with van der Waals surface area (Å²) in [6.07, 6.45) is -0.543. The molecular formula is C26H26ClF3N2O3S. The first-order valence-corrected chi connectivity index (χ1v) is 13.3. The second-order valence-corrected chi connectivity index (χ2v) is 11.0. The number of hydrogen-bond donors (Lipinski definition) is 0. The van der Waals surface area contributed by atoms with Gasteiger partial charge < -0.3 is 4.74 Å². The fourth-order valence-corrected chi connectivity index (χ4v) is 5.82. The van der Waals surface area contributed by atoms with Crippen LogP contribution < -0.4 is 0 Å². The standard InChI is InChI=1S/C26H26ClF3N2O3S/c1-18-5-10-24(30)26(15-18)36(33,34)32-13-11-31(12-14-32)16-25(19-6-8-20(27)9-7-19)35-17-21-22(28)3-2-4-23(21)29/h2-10,15,25H,11-14,16-17H2,1H3/t25-/m1/s1. The summed E-state index contributed by atoms with van der Waals surface area (Å²) >= 11 is 6.01. The molecule has 0 amide bonds. The molecule has 0 N–H and O–H groups in total. The average Bonchev–Trinajstić information content (AvgIpc) is 2.85. The monoisotopic (exact) mass is 538 g/mol. The molecule has 4 rings (SSSR count). The minimum Gasteiger partial charge on any atom is -0.367 e. The molecule has 0 saturated carbocycles. The molecule has 1 fully saturated rings. The van der Waals surface area contributed by atoms with Gasteiger partial charge in [0, 0.05) is 43.3 Å². The number of benzene rings is 3. The van der Waals surface area contributed by atoms with E-state index < -0.39 is 33.6 Å². The normalized spacial score (nSPS) is 16.2. The van der Waals surface area contributed by atoms with Crippen molar-refractivity contribution in [2.24, 2.45) is 0 Å². The first-order valence-electron chi connectivity index (χ1n) is 11.4. The molecule has 0 unspecified atom stereocenters. The average molecular weight is 539 g/mol. The summed E-state index contributed by atoms with van der Waals surface area (Å²) in [5.41, 5.74) is 1.27. The number of piperazine rings is 1. The summed E-state index contributed by atoms with van der Waals surface area (Å²) in [6, 6.07) is 14.6. The Labute approximate surface area is 214 Å². The smallest absolute Gasteiger partial charge is 0.246 e. The fraction of sp³-hybridized carbons (Fsp3) is 0.308. The van der Waals surface area contributed by atoms with Crippen molar-refractivity contribution in [3.05, 3.63) is 99.8 Å². The Kier molecular flexibility index (Phi) is 8.37. The van der Waals surface area contributed by atoms with Crippen LogP contribution in [0.2, 0.25) is 5.02 Å². The lowest BCUT2D eigenvalue weighted by Crippen LogP contribution is -2.49. The van der Waals surface area contributed by atoms with Gasteiger partial charge in [-0.05, 0) is 54.4 Å². The number of rotatable bonds is 8. The van der Waals surface area contributed by atoms with Crippen molar-refractivity contribution in [1.82, 2.24) is 9.21 Å². The van der Waals surface area contributed by atoms with Crippen molar-refractivity contribution in [2.75, 3.05) is 32.7 Å². The first kappa shape index (κ1) is 26.6. The van der Waals surface area contributed by atoms with Gasteiger partial charge in [0.2, 0.25) is 10.0 Å². The summed E-state index contributed by atoms with van der Waals surface area (Å²) < 4.78 is 75.8. The highest BCUT2D eigenvalue weighted by Gasteiger charge is 2.31. The first-order chi connectivity index (χ1) is 17.1. The third-order valence-corrected chi connectivity index (χ3v) is 8.36. The van der Waals surface area contributed by atoms with E-state index in [0.29, 0.717) is 30.2 Å². The Bertz CT molecular complexity index is 1290. The van der Waals surface area contributed by atoms with E-state index in [2.05, 4.69) is 0 Å². The Morgan fingerprint density at radius 2 is 1.56 bits per heavy atom. The maximum Gasteiger partial charge on any atom is 0.246 e. The highest BCUT2D eigenvalue weighted by atomic mass is 35.5. The number of aryl methyl sites for hydroxylation is 1. The lowest BCUT2D eigenvalue weighted by atomic mass is 10.1. The largest absolute Gasteiger partial charge is 0.367 e. The van der Waals surface area contributed by atoms with Crippen molar-refractivity contribution in [3.63, 3.8) is 0 Å². The van der Waals surface area contributed by atoms with Gasteiger partial charge in [-0.2, -0.15) is 4.31 Å². The summed E-state index contributed by atoms with van der Waals surface area (Å²) in [4.78, 5) is 1.68. The zero-order valence-corrected chi connectivity index (χ0v) is 21.2. The molecule has 10 heteroatoms. The highest BCUT2D eigenvalue weighted by molar-refractivity contribution is 7.89. The summed E-state index contributed by atoms with van der Waals surface area (Å²) in [5, 5.41) is 0.542. The number of halogens is 4. The molecule has 0 radical (unpaired) electrons. The van der Waals surface area contributed by atoms with E-state index in [9.17, 15) is 21.6 Å². The van der Waals surface area contributed by atoms with E-state index in [1.165, 1.54) is 34.6 Å². The molecule has 0 aliphatic carbocycles. The van der Waals surface area contributed by atoms with Crippen LogP contribution in [0.25, 0.3) is 0 Å². The molecule has 1 heterocycles. The summed E-state index contributed by atoms with van der Waals surface area (Å²) in [6.45, 7) is 2.91. The number of sulfonamides is 1. The van der Waals surface area contributed by atoms with Gasteiger partial charge in [-0.15, -0.1) is 0 Å². The Morgan fingerprint density at radius 3 is 2.19 bits per heavy atom. The van der Waals surface area contributed by atoms with E-state index in [1.54, 1.807) is 31.2 Å². The molecule has 1 aliphatic heterocycles. The van der Waals surface area contributed by atoms with Gasteiger partial charge in [0.25, 0.3) is 0 Å². The van der Waals surface area contributed by atoms with Crippen LogP contribution in [0, 0.1) is 24.4 Å². The van der Waals surface area contributed by atoms with Gasteiger partial charge in [-0.1, -0.05) is 35.9 Å². The van der Waals surface area contributed by atoms with Gasteiger partial charge in [-0.25, -0.2) is 21.6 Å². The molecule has 0 spiro atoms.